The molecule has 124 valence electrons. The van der Waals surface area contributed by atoms with Gasteiger partial charge in [-0.25, -0.2) is 0 Å². The summed E-state index contributed by atoms with van der Waals surface area (Å²) in [6, 6.07) is 11.7. The highest BCUT2D eigenvalue weighted by atomic mass is 35.5. The second-order valence-electron chi connectivity index (χ2n) is 5.19. The summed E-state index contributed by atoms with van der Waals surface area (Å²) in [6.07, 6.45) is 0.915. The number of ether oxygens (including phenoxy) is 2. The minimum atomic E-state index is 0.548. The van der Waals surface area contributed by atoms with Crippen LogP contribution in [0.15, 0.2) is 36.4 Å². The molecule has 0 amide bonds. The third-order valence-electron chi connectivity index (χ3n) is 3.33. The van der Waals surface area contributed by atoms with E-state index < -0.39 is 0 Å². The number of nitrogens with one attached hydrogen (secondary N) is 1. The lowest BCUT2D eigenvalue weighted by molar-refractivity contribution is 0.317. The summed E-state index contributed by atoms with van der Waals surface area (Å²) in [6.45, 7) is 4.08. The van der Waals surface area contributed by atoms with Crippen LogP contribution in [0.3, 0.4) is 0 Å². The van der Waals surface area contributed by atoms with Crippen LogP contribution >= 0.6 is 23.2 Å². The van der Waals surface area contributed by atoms with Gasteiger partial charge < -0.3 is 14.8 Å². The Balaban J connectivity index is 1.92. The predicted molar refractivity (Wildman–Crippen MR) is 95.8 cm³/mol. The van der Waals surface area contributed by atoms with Gasteiger partial charge in [0.2, 0.25) is 0 Å². The summed E-state index contributed by atoms with van der Waals surface area (Å²) >= 11 is 12.5. The van der Waals surface area contributed by atoms with Crippen LogP contribution in [0.4, 0.5) is 0 Å². The van der Waals surface area contributed by atoms with Gasteiger partial charge in [0, 0.05) is 13.1 Å². The summed E-state index contributed by atoms with van der Waals surface area (Å²) in [7, 11) is 1.66. The standard InChI is InChI=1S/C18H21Cl2NO2/c1-3-8-23-18-16(19)9-14(10-17(18)20)12-21-11-13-4-6-15(22-2)7-5-13/h4-7,9-10,21H,3,8,11-12H2,1-2H3. The van der Waals surface area contributed by atoms with Crippen LogP contribution < -0.4 is 14.8 Å². The molecule has 0 radical (unpaired) electrons. The maximum atomic E-state index is 6.25. The molecule has 0 bridgehead atoms. The van der Waals surface area contributed by atoms with Crippen LogP contribution in [-0.2, 0) is 13.1 Å². The molecule has 0 unspecified atom stereocenters. The van der Waals surface area contributed by atoms with Crippen molar-refractivity contribution in [3.63, 3.8) is 0 Å². The number of rotatable bonds is 8. The Morgan fingerprint density at radius 3 is 2.13 bits per heavy atom. The highest BCUT2D eigenvalue weighted by Crippen LogP contribution is 2.34. The molecule has 2 aromatic rings. The van der Waals surface area contributed by atoms with E-state index in [2.05, 4.69) is 5.32 Å². The van der Waals surface area contributed by atoms with Crippen molar-refractivity contribution in [2.75, 3.05) is 13.7 Å². The Labute approximate surface area is 147 Å². The van der Waals surface area contributed by atoms with Gasteiger partial charge in [-0.15, -0.1) is 0 Å². The molecule has 0 aromatic heterocycles. The molecule has 0 aliphatic carbocycles. The van der Waals surface area contributed by atoms with E-state index in [9.17, 15) is 0 Å². The molecule has 3 nitrogen and oxygen atoms in total. The molecule has 2 rings (SSSR count). The average molecular weight is 354 g/mol. The number of hydrogen-bond acceptors (Lipinski definition) is 3. The topological polar surface area (TPSA) is 30.5 Å². The van der Waals surface area contributed by atoms with Gasteiger partial charge in [-0.1, -0.05) is 42.3 Å². The largest absolute Gasteiger partial charge is 0.497 e. The Hall–Kier alpha value is -1.42. The molecular weight excluding hydrogens is 333 g/mol. The third kappa shape index (κ3) is 5.31. The highest BCUT2D eigenvalue weighted by molar-refractivity contribution is 6.37. The SMILES string of the molecule is CCCOc1c(Cl)cc(CNCc2ccc(OC)cc2)cc1Cl. The first-order valence-electron chi connectivity index (χ1n) is 7.58. The summed E-state index contributed by atoms with van der Waals surface area (Å²) in [5.74, 6) is 1.42. The van der Waals surface area contributed by atoms with Crippen LogP contribution in [-0.4, -0.2) is 13.7 Å². The summed E-state index contributed by atoms with van der Waals surface area (Å²) < 4.78 is 10.7. The average Bonchev–Trinajstić information content (AvgIpc) is 2.55. The lowest BCUT2D eigenvalue weighted by Crippen LogP contribution is -2.12. The van der Waals surface area contributed by atoms with E-state index >= 15 is 0 Å². The van der Waals surface area contributed by atoms with Crippen LogP contribution in [0.1, 0.15) is 24.5 Å². The fraction of sp³-hybridized carbons (Fsp3) is 0.333. The molecule has 0 aliphatic rings. The van der Waals surface area contributed by atoms with Crippen molar-refractivity contribution < 1.29 is 9.47 Å². The molecule has 2 aromatic carbocycles. The first-order valence-corrected chi connectivity index (χ1v) is 8.34. The molecule has 23 heavy (non-hydrogen) atoms. The predicted octanol–water partition coefficient (Wildman–Crippen LogP) is 5.08. The smallest absolute Gasteiger partial charge is 0.156 e. The van der Waals surface area contributed by atoms with Gasteiger partial charge in [-0.3, -0.25) is 0 Å². The molecule has 0 heterocycles. The monoisotopic (exact) mass is 353 g/mol. The maximum Gasteiger partial charge on any atom is 0.156 e. The van der Waals surface area contributed by atoms with E-state index in [1.807, 2.05) is 43.3 Å². The molecule has 0 saturated carbocycles. The van der Waals surface area contributed by atoms with Gasteiger partial charge in [0.25, 0.3) is 0 Å². The van der Waals surface area contributed by atoms with Crippen molar-refractivity contribution in [1.82, 2.24) is 5.32 Å². The Kier molecular flexibility index (Phi) is 7.03. The number of halogens is 2. The fourth-order valence-corrected chi connectivity index (χ4v) is 2.79. The van der Waals surface area contributed by atoms with Gasteiger partial charge in [-0.2, -0.15) is 0 Å². The van der Waals surface area contributed by atoms with E-state index in [1.165, 1.54) is 5.56 Å². The van der Waals surface area contributed by atoms with Crippen molar-refractivity contribution >= 4 is 23.2 Å². The quantitative estimate of drug-likeness (QED) is 0.717. The van der Waals surface area contributed by atoms with Crippen LogP contribution in [0.5, 0.6) is 11.5 Å². The minimum absolute atomic E-state index is 0.548. The minimum Gasteiger partial charge on any atom is -0.497 e. The summed E-state index contributed by atoms with van der Waals surface area (Å²) in [5, 5.41) is 4.47. The van der Waals surface area contributed by atoms with E-state index in [4.69, 9.17) is 32.7 Å². The van der Waals surface area contributed by atoms with Gasteiger partial charge in [0.1, 0.15) is 5.75 Å². The van der Waals surface area contributed by atoms with Crippen molar-refractivity contribution in [2.45, 2.75) is 26.4 Å². The van der Waals surface area contributed by atoms with E-state index in [0.717, 1.165) is 24.3 Å². The Bertz CT molecular complexity index is 606. The molecular formula is C18H21Cl2NO2. The van der Waals surface area contributed by atoms with E-state index in [1.54, 1.807) is 7.11 Å². The van der Waals surface area contributed by atoms with Crippen LogP contribution in [0.25, 0.3) is 0 Å². The lowest BCUT2D eigenvalue weighted by atomic mass is 10.2. The van der Waals surface area contributed by atoms with Crippen LogP contribution in [0, 0.1) is 0 Å². The van der Waals surface area contributed by atoms with Crippen molar-refractivity contribution in [3.8, 4) is 11.5 Å². The first kappa shape index (κ1) is 17.9. The number of benzene rings is 2. The van der Waals surface area contributed by atoms with E-state index in [-0.39, 0.29) is 0 Å². The van der Waals surface area contributed by atoms with Crippen molar-refractivity contribution in [2.24, 2.45) is 0 Å². The van der Waals surface area contributed by atoms with Gasteiger partial charge in [0.05, 0.1) is 23.8 Å². The zero-order valence-electron chi connectivity index (χ0n) is 13.4. The molecule has 1 N–H and O–H groups in total. The molecule has 5 heteroatoms. The second-order valence-corrected chi connectivity index (χ2v) is 6.00. The van der Waals surface area contributed by atoms with E-state index in [0.29, 0.717) is 28.9 Å². The molecule has 0 spiro atoms. The Morgan fingerprint density at radius 2 is 1.57 bits per heavy atom. The molecule has 0 aliphatic heterocycles. The molecule has 0 fully saturated rings. The first-order chi connectivity index (χ1) is 11.1. The van der Waals surface area contributed by atoms with Gasteiger partial charge in [-0.05, 0) is 41.8 Å². The number of hydrogen-bond donors (Lipinski definition) is 1. The second kappa shape index (κ2) is 9.02. The summed E-state index contributed by atoms with van der Waals surface area (Å²) in [5.41, 5.74) is 2.21. The summed E-state index contributed by atoms with van der Waals surface area (Å²) in [4.78, 5) is 0. The van der Waals surface area contributed by atoms with Gasteiger partial charge in [0.15, 0.2) is 5.75 Å². The normalized spacial score (nSPS) is 10.6. The van der Waals surface area contributed by atoms with Crippen LogP contribution in [0.2, 0.25) is 10.0 Å². The zero-order valence-corrected chi connectivity index (χ0v) is 14.9. The molecule has 0 atom stereocenters. The highest BCUT2D eigenvalue weighted by Gasteiger charge is 2.09. The number of methoxy groups -OCH3 is 1. The van der Waals surface area contributed by atoms with Crippen molar-refractivity contribution in [1.29, 1.82) is 0 Å². The van der Waals surface area contributed by atoms with Gasteiger partial charge >= 0.3 is 0 Å². The van der Waals surface area contributed by atoms with Crippen molar-refractivity contribution in [3.05, 3.63) is 57.6 Å². The molecule has 0 saturated heterocycles. The Morgan fingerprint density at radius 1 is 0.957 bits per heavy atom. The lowest BCUT2D eigenvalue weighted by Gasteiger charge is -2.12. The third-order valence-corrected chi connectivity index (χ3v) is 3.89. The maximum absolute atomic E-state index is 6.25. The fourth-order valence-electron chi connectivity index (χ4n) is 2.15. The zero-order chi connectivity index (χ0) is 16.7.